The van der Waals surface area contributed by atoms with Gasteiger partial charge in [-0.05, 0) is 42.3 Å². The van der Waals surface area contributed by atoms with Gasteiger partial charge in [-0.15, -0.1) is 14.1 Å². The number of hydrogen-bond acceptors (Lipinski definition) is 1. The molecule has 0 radical (unpaired) electrons. The average Bonchev–Trinajstić information content (AvgIpc) is 3.22. The molecular weight excluding hydrogens is 286 g/mol. The summed E-state index contributed by atoms with van der Waals surface area (Å²) < 4.78 is 4.09. The number of nitrogens with zero attached hydrogens (tertiary/aromatic N) is 3. The lowest BCUT2D eigenvalue weighted by atomic mass is 10.0. The minimum atomic E-state index is 0.279. The molecule has 112 valence electrons. The molecular formula is C19H15N3O. The van der Waals surface area contributed by atoms with Crippen LogP contribution in [0.15, 0.2) is 66.7 Å². The van der Waals surface area contributed by atoms with Crippen LogP contribution in [0.1, 0.15) is 5.56 Å². The molecule has 4 heteroatoms. The van der Waals surface area contributed by atoms with E-state index in [9.17, 15) is 5.11 Å². The van der Waals surface area contributed by atoms with Crippen LogP contribution in [0.25, 0.3) is 27.8 Å². The maximum absolute atomic E-state index is 10.3. The third kappa shape index (κ3) is 1.66. The number of benzene rings is 3. The molecule has 0 atom stereocenters. The van der Waals surface area contributed by atoms with Crippen molar-refractivity contribution in [3.63, 3.8) is 0 Å². The topological polar surface area (TPSA) is 34.0 Å². The first kappa shape index (κ1) is 12.4. The summed E-state index contributed by atoms with van der Waals surface area (Å²) >= 11 is 0. The Bertz CT molecular complexity index is 1080. The van der Waals surface area contributed by atoms with E-state index in [1.807, 2.05) is 38.3 Å². The number of phenolic OH excluding ortho intramolecular Hbond substituents is 1. The van der Waals surface area contributed by atoms with Gasteiger partial charge >= 0.3 is 0 Å². The van der Waals surface area contributed by atoms with Gasteiger partial charge in [0.1, 0.15) is 22.5 Å². The second kappa shape index (κ2) is 4.20. The van der Waals surface area contributed by atoms with E-state index >= 15 is 0 Å². The number of fused-ring (bicyclic) bond motifs is 4. The smallest absolute Gasteiger partial charge is 0.143 e. The minimum absolute atomic E-state index is 0.279. The van der Waals surface area contributed by atoms with E-state index in [0.717, 1.165) is 27.8 Å². The van der Waals surface area contributed by atoms with Crippen LogP contribution in [0.4, 0.5) is 0 Å². The Morgan fingerprint density at radius 3 is 2.00 bits per heavy atom. The predicted octanol–water partition coefficient (Wildman–Crippen LogP) is 4.10. The fourth-order valence-electron chi connectivity index (χ4n) is 3.11. The molecule has 0 saturated heterocycles. The van der Waals surface area contributed by atoms with Crippen molar-refractivity contribution in [3.05, 3.63) is 72.3 Å². The van der Waals surface area contributed by atoms with Crippen LogP contribution in [-0.2, 0) is 0 Å². The maximum atomic E-state index is 10.3. The first-order chi connectivity index (χ1) is 11.2. The van der Waals surface area contributed by atoms with Crippen molar-refractivity contribution in [1.82, 2.24) is 14.1 Å². The van der Waals surface area contributed by atoms with Crippen molar-refractivity contribution in [2.24, 2.45) is 0 Å². The monoisotopic (exact) mass is 301 g/mol. The number of hydrogen-bond donors (Lipinski definition) is 1. The molecule has 0 aliphatic carbocycles. The van der Waals surface area contributed by atoms with Gasteiger partial charge in [0.05, 0.1) is 0 Å². The quantitative estimate of drug-likeness (QED) is 0.523. The summed E-state index contributed by atoms with van der Waals surface area (Å²) in [7, 11) is 0. The highest BCUT2D eigenvalue weighted by Gasteiger charge is 2.25. The van der Waals surface area contributed by atoms with Gasteiger partial charge in [-0.3, -0.25) is 0 Å². The van der Waals surface area contributed by atoms with Crippen molar-refractivity contribution in [2.75, 3.05) is 0 Å². The molecule has 2 aromatic heterocycles. The number of rotatable bonds is 2. The molecule has 4 nitrogen and oxygen atoms in total. The van der Waals surface area contributed by atoms with E-state index in [0.29, 0.717) is 0 Å². The highest BCUT2D eigenvalue weighted by atomic mass is 16.3. The largest absolute Gasteiger partial charge is 0.506 e. The van der Waals surface area contributed by atoms with E-state index in [-0.39, 0.29) is 5.75 Å². The Balaban J connectivity index is 1.66. The number of aromatic nitrogens is 3. The summed E-state index contributed by atoms with van der Waals surface area (Å²) in [5, 5.41) is 10.3. The molecule has 0 aliphatic heterocycles. The van der Waals surface area contributed by atoms with Crippen molar-refractivity contribution < 1.29 is 5.11 Å². The van der Waals surface area contributed by atoms with Gasteiger partial charge in [0.15, 0.2) is 0 Å². The molecule has 1 N–H and O–H groups in total. The molecule has 0 saturated carbocycles. The zero-order valence-electron chi connectivity index (χ0n) is 12.6. The summed E-state index contributed by atoms with van der Waals surface area (Å²) in [4.78, 5) is 1.98. The van der Waals surface area contributed by atoms with Crippen LogP contribution in [0.3, 0.4) is 0 Å². The van der Waals surface area contributed by atoms with Crippen molar-refractivity contribution in [1.29, 1.82) is 0 Å². The van der Waals surface area contributed by atoms with Crippen molar-refractivity contribution in [3.8, 4) is 22.6 Å². The molecule has 5 aromatic rings. The third-order valence-corrected chi connectivity index (χ3v) is 4.40. The standard InChI is InChI=1S/C19H15N3O/c1-13-6-8-14(9-7-13)15-10-11-19(23)18(12-15)22-20-16-4-2-3-5-17(16)21(20)22/h2-12,23H,1H3. The first-order valence-corrected chi connectivity index (χ1v) is 7.63. The van der Waals surface area contributed by atoms with Crippen LogP contribution >= 0.6 is 0 Å². The maximum Gasteiger partial charge on any atom is 0.143 e. The van der Waals surface area contributed by atoms with Crippen LogP contribution in [-0.4, -0.2) is 19.2 Å². The average molecular weight is 301 g/mol. The number of phenols is 1. The Morgan fingerprint density at radius 1 is 0.739 bits per heavy atom. The molecule has 5 rings (SSSR count). The fraction of sp³-hybridized carbons (Fsp3) is 0.0526. The third-order valence-electron chi connectivity index (χ3n) is 4.40. The fourth-order valence-corrected chi connectivity index (χ4v) is 3.11. The van der Waals surface area contributed by atoms with Gasteiger partial charge < -0.3 is 5.11 Å². The summed E-state index contributed by atoms with van der Waals surface area (Å²) in [6.07, 6.45) is 0. The SMILES string of the molecule is Cc1ccc(-c2ccc(O)c(-n3n4c5ccccc5n34)c2)cc1. The minimum Gasteiger partial charge on any atom is -0.506 e. The molecule has 0 amide bonds. The van der Waals surface area contributed by atoms with Crippen LogP contribution in [0.2, 0.25) is 0 Å². The normalized spacial score (nSPS) is 11.9. The molecule has 23 heavy (non-hydrogen) atoms. The molecule has 0 spiro atoms. The van der Waals surface area contributed by atoms with Gasteiger partial charge in [-0.2, -0.15) is 0 Å². The lowest BCUT2D eigenvalue weighted by Crippen LogP contribution is -1.88. The van der Waals surface area contributed by atoms with Gasteiger partial charge in [0.25, 0.3) is 0 Å². The summed E-state index contributed by atoms with van der Waals surface area (Å²) in [6, 6.07) is 22.4. The molecule has 2 heterocycles. The molecule has 0 aliphatic rings. The molecule has 3 aromatic carbocycles. The number of aromatic hydroxyl groups is 1. The van der Waals surface area contributed by atoms with Crippen molar-refractivity contribution in [2.45, 2.75) is 6.92 Å². The Kier molecular flexibility index (Phi) is 2.26. The first-order valence-electron chi connectivity index (χ1n) is 7.63. The Labute approximate surface area is 132 Å². The lowest BCUT2D eigenvalue weighted by molar-refractivity contribution is 0.472. The molecule has 0 fully saturated rings. The van der Waals surface area contributed by atoms with E-state index in [2.05, 4.69) is 43.3 Å². The van der Waals surface area contributed by atoms with Crippen LogP contribution in [0.5, 0.6) is 5.75 Å². The van der Waals surface area contributed by atoms with E-state index in [4.69, 9.17) is 0 Å². The Hall–Kier alpha value is -3.14. The molecule has 0 unspecified atom stereocenters. The van der Waals surface area contributed by atoms with Crippen LogP contribution < -0.4 is 0 Å². The van der Waals surface area contributed by atoms with E-state index < -0.39 is 0 Å². The van der Waals surface area contributed by atoms with Gasteiger partial charge in [-0.1, -0.05) is 48.0 Å². The summed E-state index contributed by atoms with van der Waals surface area (Å²) in [5.41, 5.74) is 6.59. The second-order valence-corrected chi connectivity index (χ2v) is 5.93. The molecule has 0 bridgehead atoms. The summed E-state index contributed by atoms with van der Waals surface area (Å²) in [5.74, 6) is 0.279. The zero-order chi connectivity index (χ0) is 15.6. The Morgan fingerprint density at radius 2 is 1.35 bits per heavy atom. The van der Waals surface area contributed by atoms with Gasteiger partial charge in [0, 0.05) is 0 Å². The lowest BCUT2D eigenvalue weighted by Gasteiger charge is -2.05. The van der Waals surface area contributed by atoms with Gasteiger partial charge in [0.2, 0.25) is 0 Å². The van der Waals surface area contributed by atoms with Gasteiger partial charge in [-0.25, -0.2) is 0 Å². The zero-order valence-corrected chi connectivity index (χ0v) is 12.6. The highest BCUT2D eigenvalue weighted by Crippen LogP contribution is 2.33. The van der Waals surface area contributed by atoms with E-state index in [1.54, 1.807) is 6.07 Å². The second-order valence-electron chi connectivity index (χ2n) is 5.93. The summed E-state index contributed by atoms with van der Waals surface area (Å²) in [6.45, 7) is 2.08. The highest BCUT2D eigenvalue weighted by molar-refractivity contribution is 5.80. The predicted molar refractivity (Wildman–Crippen MR) is 90.7 cm³/mol. The van der Waals surface area contributed by atoms with E-state index in [1.165, 1.54) is 5.56 Å². The van der Waals surface area contributed by atoms with Crippen molar-refractivity contribution >= 4 is 11.0 Å². The number of aryl methyl sites for hydroxylation is 1. The van der Waals surface area contributed by atoms with Crippen LogP contribution in [0, 0.1) is 6.92 Å². The number of para-hydroxylation sites is 2.